The van der Waals surface area contributed by atoms with Crippen LogP contribution in [-0.2, 0) is 9.47 Å². The van der Waals surface area contributed by atoms with Gasteiger partial charge in [-0.1, -0.05) is 0 Å². The summed E-state index contributed by atoms with van der Waals surface area (Å²) in [6.45, 7) is 7.99. The number of ether oxygens (including phenoxy) is 2. The predicted octanol–water partition coefficient (Wildman–Crippen LogP) is 0.888. The average molecular weight is 254 g/mol. The molecule has 4 atom stereocenters. The molecule has 3 aliphatic rings. The molecular formula is C13H22N2O3. The Morgan fingerprint density at radius 3 is 2.89 bits per heavy atom. The van der Waals surface area contributed by atoms with Crippen molar-refractivity contribution < 1.29 is 14.3 Å². The van der Waals surface area contributed by atoms with E-state index in [2.05, 4.69) is 10.6 Å². The van der Waals surface area contributed by atoms with Crippen LogP contribution in [0.15, 0.2) is 0 Å². The van der Waals surface area contributed by atoms with E-state index in [1.807, 2.05) is 20.8 Å². The fourth-order valence-corrected chi connectivity index (χ4v) is 3.57. The van der Waals surface area contributed by atoms with Crippen molar-refractivity contribution in [1.29, 1.82) is 0 Å². The molecule has 102 valence electrons. The van der Waals surface area contributed by atoms with Gasteiger partial charge in [-0.25, -0.2) is 4.79 Å². The zero-order valence-electron chi connectivity index (χ0n) is 11.3. The quantitative estimate of drug-likeness (QED) is 0.768. The molecule has 0 bridgehead atoms. The number of piperidine rings is 1. The predicted molar refractivity (Wildman–Crippen MR) is 66.3 cm³/mol. The lowest BCUT2D eigenvalue weighted by Gasteiger charge is -2.65. The Balaban J connectivity index is 1.49. The first-order valence-corrected chi connectivity index (χ1v) is 6.72. The van der Waals surface area contributed by atoms with Gasteiger partial charge in [0.05, 0.1) is 13.2 Å². The van der Waals surface area contributed by atoms with Gasteiger partial charge in [0.1, 0.15) is 5.60 Å². The topological polar surface area (TPSA) is 59.6 Å². The fraction of sp³-hybridized carbons (Fsp3) is 0.923. The number of carbonyl (C=O) groups excluding carboxylic acids is 1. The second-order valence-electron chi connectivity index (χ2n) is 6.71. The highest BCUT2D eigenvalue weighted by Crippen LogP contribution is 2.58. The minimum absolute atomic E-state index is 0.301. The highest BCUT2D eigenvalue weighted by molar-refractivity contribution is 5.67. The zero-order valence-corrected chi connectivity index (χ0v) is 11.3. The maximum atomic E-state index is 11.6. The van der Waals surface area contributed by atoms with E-state index >= 15 is 0 Å². The summed E-state index contributed by atoms with van der Waals surface area (Å²) in [5, 5.41) is 6.41. The van der Waals surface area contributed by atoms with E-state index in [1.54, 1.807) is 0 Å². The molecule has 0 aromatic heterocycles. The number of amides is 1. The normalized spacial score (nSPS) is 41.2. The zero-order chi connectivity index (χ0) is 13.0. The Kier molecular flexibility index (Phi) is 2.61. The number of hydrogen-bond donors (Lipinski definition) is 2. The Morgan fingerprint density at radius 2 is 2.28 bits per heavy atom. The molecule has 18 heavy (non-hydrogen) atoms. The molecular weight excluding hydrogens is 232 g/mol. The summed E-state index contributed by atoms with van der Waals surface area (Å²) >= 11 is 0. The average Bonchev–Trinajstić information content (AvgIpc) is 2.62. The van der Waals surface area contributed by atoms with Crippen LogP contribution in [0, 0.1) is 11.3 Å². The maximum Gasteiger partial charge on any atom is 0.407 e. The van der Waals surface area contributed by atoms with Gasteiger partial charge in [-0.2, -0.15) is 0 Å². The third kappa shape index (κ3) is 1.72. The van der Waals surface area contributed by atoms with Gasteiger partial charge in [0.25, 0.3) is 0 Å². The van der Waals surface area contributed by atoms with Crippen molar-refractivity contribution in [2.45, 2.75) is 44.9 Å². The number of alkyl carbamates (subject to hydrolysis) is 1. The second-order valence-corrected chi connectivity index (χ2v) is 6.71. The third-order valence-corrected chi connectivity index (χ3v) is 4.51. The van der Waals surface area contributed by atoms with Crippen molar-refractivity contribution in [3.8, 4) is 0 Å². The third-order valence-electron chi connectivity index (χ3n) is 4.51. The summed E-state index contributed by atoms with van der Waals surface area (Å²) in [7, 11) is 0. The van der Waals surface area contributed by atoms with Crippen molar-refractivity contribution in [2.75, 3.05) is 19.8 Å². The first kappa shape index (κ1) is 12.2. The molecule has 0 aromatic carbocycles. The highest BCUT2D eigenvalue weighted by Gasteiger charge is 2.68. The van der Waals surface area contributed by atoms with E-state index in [4.69, 9.17) is 9.47 Å². The van der Waals surface area contributed by atoms with Crippen LogP contribution in [-0.4, -0.2) is 43.5 Å². The van der Waals surface area contributed by atoms with Crippen molar-refractivity contribution in [1.82, 2.24) is 10.6 Å². The van der Waals surface area contributed by atoms with Crippen LogP contribution in [0.4, 0.5) is 4.79 Å². The molecule has 5 heteroatoms. The molecule has 3 fully saturated rings. The van der Waals surface area contributed by atoms with Gasteiger partial charge in [-0.3, -0.25) is 0 Å². The van der Waals surface area contributed by atoms with E-state index in [-0.39, 0.29) is 6.09 Å². The van der Waals surface area contributed by atoms with Crippen molar-refractivity contribution in [2.24, 2.45) is 11.3 Å². The second kappa shape index (κ2) is 3.84. The Hall–Kier alpha value is -0.810. The summed E-state index contributed by atoms with van der Waals surface area (Å²) in [5.41, 5.74) is -0.128. The summed E-state index contributed by atoms with van der Waals surface area (Å²) < 4.78 is 10.8. The maximum absolute atomic E-state index is 11.6. The molecule has 5 nitrogen and oxygen atoms in total. The van der Waals surface area contributed by atoms with Gasteiger partial charge in [0.15, 0.2) is 0 Å². The SMILES string of the molecule is CC(C)(C)OC(=O)NCC1C[C@H]2NC3COCC132. The Labute approximate surface area is 108 Å². The summed E-state index contributed by atoms with van der Waals surface area (Å²) in [4.78, 5) is 11.6. The summed E-state index contributed by atoms with van der Waals surface area (Å²) in [6, 6.07) is 1.11. The largest absolute Gasteiger partial charge is 0.444 e. The van der Waals surface area contributed by atoms with Crippen LogP contribution in [0.1, 0.15) is 27.2 Å². The van der Waals surface area contributed by atoms with Crippen molar-refractivity contribution in [3.05, 3.63) is 0 Å². The smallest absolute Gasteiger partial charge is 0.407 e. The van der Waals surface area contributed by atoms with Crippen LogP contribution in [0.3, 0.4) is 0 Å². The van der Waals surface area contributed by atoms with Crippen LogP contribution < -0.4 is 10.6 Å². The minimum atomic E-state index is -0.429. The molecule has 1 saturated carbocycles. The number of rotatable bonds is 2. The van der Waals surface area contributed by atoms with Crippen LogP contribution >= 0.6 is 0 Å². The van der Waals surface area contributed by atoms with E-state index in [0.717, 1.165) is 19.6 Å². The summed E-state index contributed by atoms with van der Waals surface area (Å²) in [6.07, 6.45) is 0.820. The minimum Gasteiger partial charge on any atom is -0.444 e. The van der Waals surface area contributed by atoms with Gasteiger partial charge < -0.3 is 20.1 Å². The van der Waals surface area contributed by atoms with E-state index < -0.39 is 5.60 Å². The van der Waals surface area contributed by atoms with Crippen molar-refractivity contribution >= 4 is 6.09 Å². The number of hydrogen-bond acceptors (Lipinski definition) is 4. The molecule has 2 N–H and O–H groups in total. The summed E-state index contributed by atoms with van der Waals surface area (Å²) in [5.74, 6) is 0.531. The number of carbonyl (C=O) groups is 1. The van der Waals surface area contributed by atoms with Crippen LogP contribution in [0.2, 0.25) is 0 Å². The van der Waals surface area contributed by atoms with Crippen molar-refractivity contribution in [3.63, 3.8) is 0 Å². The Morgan fingerprint density at radius 1 is 1.50 bits per heavy atom. The Bertz CT molecular complexity index is 366. The lowest BCUT2D eigenvalue weighted by molar-refractivity contribution is -0.114. The van der Waals surface area contributed by atoms with E-state index in [9.17, 15) is 4.79 Å². The molecule has 1 spiro atoms. The molecule has 1 amide bonds. The van der Waals surface area contributed by atoms with Gasteiger partial charge >= 0.3 is 6.09 Å². The van der Waals surface area contributed by atoms with Gasteiger partial charge in [0.2, 0.25) is 0 Å². The molecule has 0 radical (unpaired) electrons. The molecule has 3 unspecified atom stereocenters. The molecule has 2 aliphatic heterocycles. The van der Waals surface area contributed by atoms with Gasteiger partial charge in [-0.05, 0) is 33.1 Å². The fourth-order valence-electron chi connectivity index (χ4n) is 3.57. The molecule has 0 aromatic rings. The highest BCUT2D eigenvalue weighted by atomic mass is 16.6. The van der Waals surface area contributed by atoms with Gasteiger partial charge in [0, 0.05) is 24.0 Å². The lowest BCUT2D eigenvalue weighted by Crippen LogP contribution is -2.80. The van der Waals surface area contributed by atoms with Gasteiger partial charge in [-0.15, -0.1) is 0 Å². The first-order chi connectivity index (χ1) is 8.42. The number of nitrogens with one attached hydrogen (secondary N) is 2. The van der Waals surface area contributed by atoms with Crippen LogP contribution in [0.25, 0.3) is 0 Å². The molecule has 3 rings (SSSR count). The molecule has 2 heterocycles. The lowest BCUT2D eigenvalue weighted by atomic mass is 9.48. The van der Waals surface area contributed by atoms with E-state index in [1.165, 1.54) is 0 Å². The monoisotopic (exact) mass is 254 g/mol. The first-order valence-electron chi connectivity index (χ1n) is 6.72. The molecule has 2 saturated heterocycles. The molecule has 1 aliphatic carbocycles. The van der Waals surface area contributed by atoms with Crippen LogP contribution in [0.5, 0.6) is 0 Å². The van der Waals surface area contributed by atoms with E-state index in [0.29, 0.717) is 30.0 Å². The standard InChI is InChI=1S/C13H22N2O3/c1-12(2,3)18-11(16)14-5-8-4-9-13(8)7-17-6-10(13)15-9/h8-10,15H,4-7H2,1-3H3,(H,14,16)/t8?,9-,10?,13?/m1/s1.